The summed E-state index contributed by atoms with van der Waals surface area (Å²) in [5.74, 6) is 0.628. The molecule has 2 rings (SSSR count). The van der Waals surface area contributed by atoms with E-state index in [0.29, 0.717) is 18.8 Å². The lowest BCUT2D eigenvalue weighted by Crippen LogP contribution is -2.38. The first-order valence-corrected chi connectivity index (χ1v) is 7.69. The zero-order valence-corrected chi connectivity index (χ0v) is 13.6. The molecule has 0 amide bonds. The summed E-state index contributed by atoms with van der Waals surface area (Å²) >= 11 is 3.42. The van der Waals surface area contributed by atoms with E-state index in [1.165, 1.54) is 7.11 Å². The van der Waals surface area contributed by atoms with E-state index in [-0.39, 0.29) is 5.75 Å². The average Bonchev–Trinajstić information content (AvgIpc) is 2.79. The molecule has 0 heterocycles. The molecule has 0 unspecified atom stereocenters. The summed E-state index contributed by atoms with van der Waals surface area (Å²) in [6.45, 7) is 1.20. The minimum Gasteiger partial charge on any atom is -0.504 e. The number of ether oxygens (including phenoxy) is 1. The zero-order chi connectivity index (χ0) is 14.8. The zero-order valence-electron chi connectivity index (χ0n) is 12.0. The SMILES string of the molecule is COc1cc(Br)cc(CN(C)CC2(O)CCCC2)c1O. The third-order valence-corrected chi connectivity index (χ3v) is 4.34. The molecular weight excluding hydrogens is 322 g/mol. The normalized spacial score (nSPS) is 17.6. The molecular formula is C15H22BrNO3. The van der Waals surface area contributed by atoms with Gasteiger partial charge >= 0.3 is 0 Å². The lowest BCUT2D eigenvalue weighted by Gasteiger charge is -2.28. The van der Waals surface area contributed by atoms with Crippen LogP contribution in [0, 0.1) is 0 Å². The van der Waals surface area contributed by atoms with E-state index in [1.807, 2.05) is 18.0 Å². The van der Waals surface area contributed by atoms with Gasteiger partial charge in [-0.3, -0.25) is 4.90 Å². The fraction of sp³-hybridized carbons (Fsp3) is 0.600. The van der Waals surface area contributed by atoms with Gasteiger partial charge in [-0.2, -0.15) is 0 Å². The summed E-state index contributed by atoms with van der Waals surface area (Å²) in [6, 6.07) is 3.62. The maximum Gasteiger partial charge on any atom is 0.162 e. The van der Waals surface area contributed by atoms with Crippen LogP contribution in [-0.4, -0.2) is 41.4 Å². The number of rotatable bonds is 5. The van der Waals surface area contributed by atoms with Crippen LogP contribution in [0.3, 0.4) is 0 Å². The number of likely N-dealkylation sites (N-methyl/N-ethyl adjacent to an activating group) is 1. The van der Waals surface area contributed by atoms with Gasteiger partial charge in [-0.25, -0.2) is 0 Å². The van der Waals surface area contributed by atoms with Gasteiger partial charge in [0, 0.05) is 23.1 Å². The van der Waals surface area contributed by atoms with Gasteiger partial charge in [-0.1, -0.05) is 28.8 Å². The second kappa shape index (κ2) is 6.33. The maximum atomic E-state index is 10.4. The Kier molecular flexibility index (Phi) is 4.94. The molecule has 0 aromatic heterocycles. The topological polar surface area (TPSA) is 52.9 Å². The van der Waals surface area contributed by atoms with Crippen molar-refractivity contribution in [1.82, 2.24) is 4.90 Å². The van der Waals surface area contributed by atoms with Crippen LogP contribution < -0.4 is 4.74 Å². The van der Waals surface area contributed by atoms with E-state index in [9.17, 15) is 10.2 Å². The number of benzene rings is 1. The first-order chi connectivity index (χ1) is 9.43. The van der Waals surface area contributed by atoms with Crippen LogP contribution in [0.5, 0.6) is 11.5 Å². The lowest BCUT2D eigenvalue weighted by molar-refractivity contribution is 0.0143. The number of methoxy groups -OCH3 is 1. The minimum atomic E-state index is -0.569. The van der Waals surface area contributed by atoms with Crippen molar-refractivity contribution in [2.45, 2.75) is 37.8 Å². The van der Waals surface area contributed by atoms with Crippen LogP contribution in [0.4, 0.5) is 0 Å². The molecule has 1 saturated carbocycles. The number of nitrogens with zero attached hydrogens (tertiary/aromatic N) is 1. The fourth-order valence-corrected chi connectivity index (χ4v) is 3.43. The highest BCUT2D eigenvalue weighted by Gasteiger charge is 2.32. The van der Waals surface area contributed by atoms with Gasteiger partial charge in [0.25, 0.3) is 0 Å². The van der Waals surface area contributed by atoms with Crippen molar-refractivity contribution >= 4 is 15.9 Å². The molecule has 2 N–H and O–H groups in total. The van der Waals surface area contributed by atoms with Crippen molar-refractivity contribution in [3.8, 4) is 11.5 Å². The molecule has 4 nitrogen and oxygen atoms in total. The van der Waals surface area contributed by atoms with Crippen LogP contribution in [0.1, 0.15) is 31.2 Å². The number of phenolic OH excluding ortho intramolecular Hbond substituents is 1. The van der Waals surface area contributed by atoms with E-state index in [0.717, 1.165) is 35.7 Å². The van der Waals surface area contributed by atoms with Crippen LogP contribution in [0.15, 0.2) is 16.6 Å². The number of aliphatic hydroxyl groups is 1. The molecule has 0 spiro atoms. The summed E-state index contributed by atoms with van der Waals surface area (Å²) in [5, 5.41) is 20.6. The molecule has 1 aliphatic carbocycles. The molecule has 0 bridgehead atoms. The van der Waals surface area contributed by atoms with Crippen LogP contribution >= 0.6 is 15.9 Å². The standard InChI is InChI=1S/C15H22BrNO3/c1-17(10-15(19)5-3-4-6-15)9-11-7-12(16)8-13(20-2)14(11)18/h7-8,18-19H,3-6,9-10H2,1-2H3. The van der Waals surface area contributed by atoms with Crippen LogP contribution in [0.2, 0.25) is 0 Å². The predicted molar refractivity (Wildman–Crippen MR) is 82.1 cm³/mol. The Labute approximate surface area is 128 Å². The van der Waals surface area contributed by atoms with Gasteiger partial charge in [0.2, 0.25) is 0 Å². The molecule has 0 saturated heterocycles. The molecule has 0 atom stereocenters. The Morgan fingerprint density at radius 3 is 2.60 bits per heavy atom. The smallest absolute Gasteiger partial charge is 0.162 e. The van der Waals surface area contributed by atoms with Crippen molar-refractivity contribution in [2.75, 3.05) is 20.7 Å². The van der Waals surface area contributed by atoms with E-state index in [1.54, 1.807) is 6.07 Å². The van der Waals surface area contributed by atoms with Crippen LogP contribution in [0.25, 0.3) is 0 Å². The highest BCUT2D eigenvalue weighted by atomic mass is 79.9. The highest BCUT2D eigenvalue weighted by Crippen LogP contribution is 2.35. The average molecular weight is 344 g/mol. The quantitative estimate of drug-likeness (QED) is 0.863. The summed E-state index contributed by atoms with van der Waals surface area (Å²) in [6.07, 6.45) is 3.93. The first kappa shape index (κ1) is 15.6. The Hall–Kier alpha value is -0.780. The maximum absolute atomic E-state index is 10.4. The number of phenols is 1. The van der Waals surface area contributed by atoms with Crippen molar-refractivity contribution in [3.63, 3.8) is 0 Å². The molecule has 0 radical (unpaired) electrons. The second-order valence-electron chi connectivity index (χ2n) is 5.72. The van der Waals surface area contributed by atoms with Gasteiger partial charge < -0.3 is 14.9 Å². The van der Waals surface area contributed by atoms with Crippen LogP contribution in [-0.2, 0) is 6.54 Å². The lowest BCUT2D eigenvalue weighted by atomic mass is 10.0. The second-order valence-corrected chi connectivity index (χ2v) is 6.64. The fourth-order valence-electron chi connectivity index (χ4n) is 2.94. The molecule has 1 aliphatic rings. The summed E-state index contributed by atoms with van der Waals surface area (Å²) in [4.78, 5) is 2.05. The highest BCUT2D eigenvalue weighted by molar-refractivity contribution is 9.10. The van der Waals surface area contributed by atoms with Gasteiger partial charge in [-0.05, 0) is 32.0 Å². The van der Waals surface area contributed by atoms with E-state index < -0.39 is 5.60 Å². The monoisotopic (exact) mass is 343 g/mol. The van der Waals surface area contributed by atoms with Gasteiger partial charge in [0.15, 0.2) is 11.5 Å². The van der Waals surface area contributed by atoms with Gasteiger partial charge in [-0.15, -0.1) is 0 Å². The first-order valence-electron chi connectivity index (χ1n) is 6.90. The summed E-state index contributed by atoms with van der Waals surface area (Å²) in [5.41, 5.74) is 0.223. The van der Waals surface area contributed by atoms with E-state index >= 15 is 0 Å². The molecule has 1 aromatic rings. The van der Waals surface area contributed by atoms with E-state index in [2.05, 4.69) is 15.9 Å². The molecule has 112 valence electrons. The Morgan fingerprint density at radius 1 is 1.35 bits per heavy atom. The Bertz CT molecular complexity index is 472. The Morgan fingerprint density at radius 2 is 2.00 bits per heavy atom. The summed E-state index contributed by atoms with van der Waals surface area (Å²) < 4.78 is 6.02. The number of hydrogen-bond donors (Lipinski definition) is 2. The molecule has 5 heteroatoms. The molecule has 1 aromatic carbocycles. The third-order valence-electron chi connectivity index (χ3n) is 3.88. The predicted octanol–water partition coefficient (Wildman–Crippen LogP) is 2.90. The van der Waals surface area contributed by atoms with Gasteiger partial charge in [0.1, 0.15) is 0 Å². The largest absolute Gasteiger partial charge is 0.504 e. The summed E-state index contributed by atoms with van der Waals surface area (Å²) in [7, 11) is 3.50. The van der Waals surface area contributed by atoms with Crippen molar-refractivity contribution in [3.05, 3.63) is 22.2 Å². The number of halogens is 1. The molecule has 0 aliphatic heterocycles. The number of aromatic hydroxyl groups is 1. The van der Waals surface area contributed by atoms with Crippen molar-refractivity contribution in [1.29, 1.82) is 0 Å². The van der Waals surface area contributed by atoms with Crippen molar-refractivity contribution in [2.24, 2.45) is 0 Å². The minimum absolute atomic E-state index is 0.168. The Balaban J connectivity index is 2.07. The van der Waals surface area contributed by atoms with Crippen molar-refractivity contribution < 1.29 is 14.9 Å². The molecule has 1 fully saturated rings. The molecule has 20 heavy (non-hydrogen) atoms. The van der Waals surface area contributed by atoms with Gasteiger partial charge in [0.05, 0.1) is 12.7 Å². The number of hydrogen-bond acceptors (Lipinski definition) is 4. The third kappa shape index (κ3) is 3.65. The van der Waals surface area contributed by atoms with E-state index in [4.69, 9.17) is 4.74 Å².